The van der Waals surface area contributed by atoms with Gasteiger partial charge >= 0.3 is 0 Å². The summed E-state index contributed by atoms with van der Waals surface area (Å²) in [5.41, 5.74) is 2.04. The number of amides is 1. The number of hydrogen-bond donors (Lipinski definition) is 1. The molecule has 0 saturated carbocycles. The number of aliphatic hydroxyl groups is 1. The molecule has 1 aliphatic rings. The third-order valence-electron chi connectivity index (χ3n) is 5.89. The van der Waals surface area contributed by atoms with Crippen molar-refractivity contribution in [3.8, 4) is 5.75 Å². The van der Waals surface area contributed by atoms with E-state index >= 15 is 0 Å². The second kappa shape index (κ2) is 12.2. The van der Waals surface area contributed by atoms with Crippen molar-refractivity contribution < 1.29 is 19.4 Å². The molecule has 1 aromatic carbocycles. The summed E-state index contributed by atoms with van der Waals surface area (Å²) < 4.78 is 11.9. The van der Waals surface area contributed by atoms with Gasteiger partial charge in [0.25, 0.3) is 0 Å². The Hall–Kier alpha value is -1.93. The number of benzene rings is 1. The molecule has 188 valence electrons. The molecule has 3 rings (SSSR count). The van der Waals surface area contributed by atoms with Crippen LogP contribution in [0.4, 0.5) is 0 Å². The molecule has 34 heavy (non-hydrogen) atoms. The highest BCUT2D eigenvalue weighted by molar-refractivity contribution is 7.10. The van der Waals surface area contributed by atoms with Crippen LogP contribution in [0.1, 0.15) is 56.2 Å². The minimum atomic E-state index is -0.635. The molecule has 0 unspecified atom stereocenters. The molecule has 0 bridgehead atoms. The van der Waals surface area contributed by atoms with Crippen molar-refractivity contribution in [3.63, 3.8) is 0 Å². The average Bonchev–Trinajstić information content (AvgIpc) is 3.25. The zero-order chi connectivity index (χ0) is 24.7. The molecule has 1 aliphatic heterocycles. The quantitative estimate of drug-likeness (QED) is 0.506. The van der Waals surface area contributed by atoms with E-state index in [0.717, 1.165) is 30.7 Å². The van der Waals surface area contributed by atoms with Crippen molar-refractivity contribution in [2.45, 2.75) is 65.2 Å². The Labute approximate surface area is 208 Å². The molecule has 6 nitrogen and oxygen atoms in total. The number of ether oxygens (including phenoxy) is 2. The standard InChI is InChI=1S/C27H40N2O4S/c1-6-12-28(16-21(30)18-33-27(3,4)5)17-26(31)29-13-10-25-23(11-14-34-25)24(29)19-32-22-9-7-8-20(2)15-22/h7-9,11,14-15,21,24,30H,6,10,12-13,16-19H2,1-5H3/t21-,24+/m0/s1. The van der Waals surface area contributed by atoms with E-state index in [9.17, 15) is 9.90 Å². The summed E-state index contributed by atoms with van der Waals surface area (Å²) in [6, 6.07) is 10.0. The number of fused-ring (bicyclic) bond motifs is 1. The van der Waals surface area contributed by atoms with Crippen molar-refractivity contribution in [2.24, 2.45) is 0 Å². The summed E-state index contributed by atoms with van der Waals surface area (Å²) in [5.74, 6) is 0.899. The van der Waals surface area contributed by atoms with Crippen molar-refractivity contribution in [2.75, 3.05) is 39.4 Å². The fourth-order valence-electron chi connectivity index (χ4n) is 4.29. The third kappa shape index (κ3) is 7.80. The van der Waals surface area contributed by atoms with Crippen molar-refractivity contribution >= 4 is 17.2 Å². The predicted molar refractivity (Wildman–Crippen MR) is 138 cm³/mol. The Morgan fingerprint density at radius 3 is 2.82 bits per heavy atom. The van der Waals surface area contributed by atoms with E-state index < -0.39 is 6.10 Å². The number of nitrogens with zero attached hydrogens (tertiary/aromatic N) is 2. The van der Waals surface area contributed by atoms with E-state index in [0.29, 0.717) is 19.7 Å². The average molecular weight is 489 g/mol. The smallest absolute Gasteiger partial charge is 0.237 e. The van der Waals surface area contributed by atoms with Crippen LogP contribution in [-0.2, 0) is 16.0 Å². The Morgan fingerprint density at radius 1 is 1.32 bits per heavy atom. The number of hydrogen-bond acceptors (Lipinski definition) is 6. The summed E-state index contributed by atoms with van der Waals surface area (Å²) in [4.78, 5) is 18.9. The zero-order valence-electron chi connectivity index (χ0n) is 21.3. The second-order valence-electron chi connectivity index (χ2n) is 10.1. The number of rotatable bonds is 11. The van der Waals surface area contributed by atoms with E-state index in [2.05, 4.69) is 18.4 Å². The molecule has 1 N–H and O–H groups in total. The van der Waals surface area contributed by atoms with Crippen LogP contribution < -0.4 is 4.74 Å². The van der Waals surface area contributed by atoms with Crippen LogP contribution in [0.25, 0.3) is 0 Å². The van der Waals surface area contributed by atoms with Gasteiger partial charge in [0.2, 0.25) is 5.91 Å². The first-order chi connectivity index (χ1) is 16.2. The van der Waals surface area contributed by atoms with E-state index in [4.69, 9.17) is 9.47 Å². The maximum Gasteiger partial charge on any atom is 0.237 e. The molecule has 0 aliphatic carbocycles. The Bertz CT molecular complexity index is 923. The normalized spacial score (nSPS) is 17.0. The van der Waals surface area contributed by atoms with Crippen LogP contribution in [0, 0.1) is 6.92 Å². The summed E-state index contributed by atoms with van der Waals surface area (Å²) in [7, 11) is 0. The number of carbonyl (C=O) groups is 1. The van der Waals surface area contributed by atoms with Crippen molar-refractivity contribution in [1.29, 1.82) is 0 Å². The van der Waals surface area contributed by atoms with Gasteiger partial charge in [0.05, 0.1) is 30.9 Å². The highest BCUT2D eigenvalue weighted by Crippen LogP contribution is 2.34. The van der Waals surface area contributed by atoms with Crippen LogP contribution in [0.2, 0.25) is 0 Å². The van der Waals surface area contributed by atoms with Crippen molar-refractivity contribution in [1.82, 2.24) is 9.80 Å². The van der Waals surface area contributed by atoms with Gasteiger partial charge in [0.15, 0.2) is 0 Å². The summed E-state index contributed by atoms with van der Waals surface area (Å²) in [5, 5.41) is 12.6. The lowest BCUT2D eigenvalue weighted by Crippen LogP contribution is -2.48. The minimum Gasteiger partial charge on any atom is -0.491 e. The molecule has 2 atom stereocenters. The van der Waals surface area contributed by atoms with Gasteiger partial charge in [-0.05, 0) is 81.8 Å². The van der Waals surface area contributed by atoms with Crippen LogP contribution >= 0.6 is 11.3 Å². The number of carbonyl (C=O) groups excluding carboxylic acids is 1. The molecule has 2 aromatic rings. The van der Waals surface area contributed by atoms with Crippen molar-refractivity contribution in [3.05, 3.63) is 51.7 Å². The Kier molecular flexibility index (Phi) is 9.54. The fraction of sp³-hybridized carbons (Fsp3) is 0.593. The van der Waals surface area contributed by atoms with Crippen LogP contribution in [0.15, 0.2) is 35.7 Å². The maximum absolute atomic E-state index is 13.5. The SMILES string of the molecule is CCCN(CC(=O)N1CCc2sccc2[C@H]1COc1cccc(C)c1)C[C@H](O)COC(C)(C)C. The lowest BCUT2D eigenvalue weighted by Gasteiger charge is -2.37. The van der Waals surface area contributed by atoms with Crippen LogP contribution in [-0.4, -0.2) is 71.9 Å². The first-order valence-electron chi connectivity index (χ1n) is 12.3. The van der Waals surface area contributed by atoms with Gasteiger partial charge in [0.1, 0.15) is 12.4 Å². The van der Waals surface area contributed by atoms with Gasteiger partial charge in [-0.25, -0.2) is 0 Å². The van der Waals surface area contributed by atoms with Crippen LogP contribution in [0.5, 0.6) is 5.75 Å². The lowest BCUT2D eigenvalue weighted by molar-refractivity contribution is -0.136. The topological polar surface area (TPSA) is 62.2 Å². The van der Waals surface area contributed by atoms with E-state index in [-0.39, 0.29) is 30.7 Å². The highest BCUT2D eigenvalue weighted by atomic mass is 32.1. The van der Waals surface area contributed by atoms with E-state index in [1.54, 1.807) is 11.3 Å². The molecule has 1 aromatic heterocycles. The van der Waals surface area contributed by atoms with Crippen LogP contribution in [0.3, 0.4) is 0 Å². The first-order valence-corrected chi connectivity index (χ1v) is 13.1. The zero-order valence-corrected chi connectivity index (χ0v) is 22.1. The largest absolute Gasteiger partial charge is 0.491 e. The minimum absolute atomic E-state index is 0.0760. The van der Waals surface area contributed by atoms with Gasteiger partial charge in [-0.2, -0.15) is 0 Å². The fourth-order valence-corrected chi connectivity index (χ4v) is 5.21. The third-order valence-corrected chi connectivity index (χ3v) is 6.89. The maximum atomic E-state index is 13.5. The van der Waals surface area contributed by atoms with E-state index in [1.165, 1.54) is 10.4 Å². The molecular formula is C27H40N2O4S. The number of aryl methyl sites for hydroxylation is 1. The first kappa shape index (κ1) is 26.7. The number of aliphatic hydroxyl groups excluding tert-OH is 1. The molecule has 0 radical (unpaired) electrons. The summed E-state index contributed by atoms with van der Waals surface area (Å²) in [6.45, 7) is 12.9. The monoisotopic (exact) mass is 488 g/mol. The predicted octanol–water partition coefficient (Wildman–Crippen LogP) is 4.45. The summed E-state index contributed by atoms with van der Waals surface area (Å²) >= 11 is 1.75. The van der Waals surface area contributed by atoms with Gasteiger partial charge in [-0.15, -0.1) is 11.3 Å². The second-order valence-corrected chi connectivity index (χ2v) is 11.1. The Balaban J connectivity index is 1.67. The Morgan fingerprint density at radius 2 is 2.12 bits per heavy atom. The van der Waals surface area contributed by atoms with Gasteiger partial charge in [0, 0.05) is 18.0 Å². The van der Waals surface area contributed by atoms with Gasteiger partial charge < -0.3 is 19.5 Å². The summed E-state index contributed by atoms with van der Waals surface area (Å²) in [6.07, 6.45) is 1.15. The molecule has 2 heterocycles. The lowest BCUT2D eigenvalue weighted by atomic mass is 10.0. The molecule has 0 saturated heterocycles. The molecule has 1 amide bonds. The molecular weight excluding hydrogens is 448 g/mol. The van der Waals surface area contributed by atoms with E-state index in [1.807, 2.05) is 61.8 Å². The number of thiophene rings is 1. The van der Waals surface area contributed by atoms with Gasteiger partial charge in [-0.3, -0.25) is 9.69 Å². The highest BCUT2D eigenvalue weighted by Gasteiger charge is 2.33. The molecule has 7 heteroatoms. The van der Waals surface area contributed by atoms with Gasteiger partial charge in [-0.1, -0.05) is 19.1 Å². The molecule has 0 spiro atoms. The molecule has 0 fully saturated rings.